The molecule has 0 aliphatic carbocycles. The van der Waals surface area contributed by atoms with Gasteiger partial charge in [0.05, 0.1) is 12.2 Å². The van der Waals surface area contributed by atoms with Gasteiger partial charge in [-0.05, 0) is 20.8 Å². The molecular weight excluding hydrogens is 134 g/mol. The summed E-state index contributed by atoms with van der Waals surface area (Å²) in [7, 11) is 0. The minimum Gasteiger partial charge on any atom is -0.395 e. The van der Waals surface area contributed by atoms with E-state index in [1.807, 2.05) is 0 Å². The van der Waals surface area contributed by atoms with E-state index in [2.05, 4.69) is 4.89 Å². The Bertz CT molecular complexity index is 63.3. The Labute approximate surface area is 63.0 Å². The van der Waals surface area contributed by atoms with Gasteiger partial charge in [-0.25, -0.2) is 4.89 Å². The molecule has 4 N–H and O–H groups in total. The molecule has 0 saturated heterocycles. The van der Waals surface area contributed by atoms with Crippen LogP contribution in [0.2, 0.25) is 0 Å². The Balaban J connectivity index is -0.000000114. The van der Waals surface area contributed by atoms with Gasteiger partial charge in [-0.3, -0.25) is 5.26 Å². The highest BCUT2D eigenvalue weighted by molar-refractivity contribution is 4.53. The van der Waals surface area contributed by atoms with Crippen LogP contribution in [0.15, 0.2) is 0 Å². The number of hydrogen-bond donors (Lipinski definition) is 3. The average molecular weight is 153 g/mol. The Kier molecular flexibility index (Phi) is 8.70. The molecule has 0 aromatic carbocycles. The van der Waals surface area contributed by atoms with Crippen molar-refractivity contribution in [2.24, 2.45) is 5.73 Å². The van der Waals surface area contributed by atoms with Gasteiger partial charge in [0.1, 0.15) is 0 Å². The molecule has 0 aromatic heterocycles. The number of nitrogens with two attached hydrogens (primary N) is 1. The first kappa shape index (κ1) is 12.5. The monoisotopic (exact) mass is 153 g/mol. The number of hydrogen-bond acceptors (Lipinski definition) is 4. The van der Waals surface area contributed by atoms with E-state index in [0.29, 0.717) is 6.54 Å². The molecule has 0 aliphatic rings. The molecule has 0 rings (SSSR count). The summed E-state index contributed by atoms with van der Waals surface area (Å²) in [5.41, 5.74) is 4.38. The summed E-state index contributed by atoms with van der Waals surface area (Å²) in [6.45, 7) is 5.78. The van der Waals surface area contributed by atoms with Crippen molar-refractivity contribution in [2.45, 2.75) is 26.4 Å². The average Bonchev–Trinajstić information content (AvgIpc) is 1.87. The van der Waals surface area contributed by atoms with Gasteiger partial charge in [0.25, 0.3) is 0 Å². The molecule has 0 aromatic rings. The minimum absolute atomic E-state index is 0. The Morgan fingerprint density at radius 1 is 1.50 bits per heavy atom. The minimum atomic E-state index is -0.403. The van der Waals surface area contributed by atoms with E-state index in [-0.39, 0.29) is 8.03 Å². The van der Waals surface area contributed by atoms with Crippen LogP contribution in [0.5, 0.6) is 0 Å². The largest absolute Gasteiger partial charge is 0.395 e. The summed E-state index contributed by atoms with van der Waals surface area (Å²) >= 11 is 0. The van der Waals surface area contributed by atoms with Crippen molar-refractivity contribution < 1.29 is 16.7 Å². The standard InChI is InChI=1S/C4H10O2.C2H7NO.H2/c1-4(2,3)6-5;3-1-2-4;/h5H,1-3H3;4H,1-3H2;1H. The third-order valence-corrected chi connectivity index (χ3v) is 0.403. The smallest absolute Gasteiger partial charge is 0.0949 e. The van der Waals surface area contributed by atoms with E-state index in [4.69, 9.17) is 16.1 Å². The lowest BCUT2D eigenvalue weighted by Crippen LogP contribution is -2.15. The summed E-state index contributed by atoms with van der Waals surface area (Å²) < 4.78 is 0. The van der Waals surface area contributed by atoms with Crippen molar-refractivity contribution in [3.63, 3.8) is 0 Å². The van der Waals surface area contributed by atoms with Gasteiger partial charge in [-0.1, -0.05) is 0 Å². The molecule has 10 heavy (non-hydrogen) atoms. The van der Waals surface area contributed by atoms with E-state index in [9.17, 15) is 0 Å². The lowest BCUT2D eigenvalue weighted by atomic mass is 10.2. The van der Waals surface area contributed by atoms with Crippen LogP contribution in [0.25, 0.3) is 0 Å². The van der Waals surface area contributed by atoms with E-state index in [0.717, 1.165) is 0 Å². The highest BCUT2D eigenvalue weighted by atomic mass is 17.1. The summed E-state index contributed by atoms with van der Waals surface area (Å²) in [5.74, 6) is 0. The normalized spacial score (nSPS) is 10.2. The second-order valence-electron chi connectivity index (χ2n) is 2.72. The van der Waals surface area contributed by atoms with Gasteiger partial charge in [-0.15, -0.1) is 0 Å². The summed E-state index contributed by atoms with van der Waals surface area (Å²) in [5, 5.41) is 15.7. The van der Waals surface area contributed by atoms with E-state index >= 15 is 0 Å². The first-order valence-corrected chi connectivity index (χ1v) is 3.11. The highest BCUT2D eigenvalue weighted by Gasteiger charge is 2.06. The molecule has 0 amide bonds. The van der Waals surface area contributed by atoms with Crippen molar-refractivity contribution >= 4 is 0 Å². The molecule has 0 radical (unpaired) electrons. The maximum absolute atomic E-state index is 7.90. The molecule has 0 bridgehead atoms. The zero-order valence-corrected chi connectivity index (χ0v) is 6.79. The number of aliphatic hydroxyl groups is 1. The zero-order valence-electron chi connectivity index (χ0n) is 6.79. The van der Waals surface area contributed by atoms with Gasteiger partial charge < -0.3 is 10.8 Å². The van der Waals surface area contributed by atoms with Crippen molar-refractivity contribution in [3.05, 3.63) is 0 Å². The maximum Gasteiger partial charge on any atom is 0.0949 e. The molecule has 0 spiro atoms. The zero-order chi connectivity index (χ0) is 8.62. The second kappa shape index (κ2) is 6.95. The predicted octanol–water partition coefficient (Wildman–Crippen LogP) is 0.458. The van der Waals surface area contributed by atoms with Crippen molar-refractivity contribution in [2.75, 3.05) is 13.2 Å². The lowest BCUT2D eigenvalue weighted by Gasteiger charge is -2.10. The Hall–Kier alpha value is -0.160. The molecule has 0 atom stereocenters. The first-order valence-electron chi connectivity index (χ1n) is 3.11. The first-order chi connectivity index (χ1) is 4.47. The van der Waals surface area contributed by atoms with Crippen LogP contribution in [0.4, 0.5) is 0 Å². The Morgan fingerprint density at radius 2 is 1.70 bits per heavy atom. The third kappa shape index (κ3) is 24.9. The number of aliphatic hydroxyl groups excluding tert-OH is 1. The van der Waals surface area contributed by atoms with Crippen molar-refractivity contribution in [1.82, 2.24) is 0 Å². The third-order valence-electron chi connectivity index (χ3n) is 0.403. The summed E-state index contributed by atoms with van der Waals surface area (Å²) in [6.07, 6.45) is 0. The SMILES string of the molecule is CC(C)(C)OO.NCCO.[HH]. The van der Waals surface area contributed by atoms with Crippen molar-refractivity contribution in [3.8, 4) is 0 Å². The fourth-order valence-electron chi connectivity index (χ4n) is 0. The van der Waals surface area contributed by atoms with Crippen LogP contribution in [0.3, 0.4) is 0 Å². The molecule has 4 nitrogen and oxygen atoms in total. The van der Waals surface area contributed by atoms with E-state index < -0.39 is 5.60 Å². The van der Waals surface area contributed by atoms with Crippen LogP contribution in [0.1, 0.15) is 22.2 Å². The molecule has 0 unspecified atom stereocenters. The van der Waals surface area contributed by atoms with E-state index in [1.165, 1.54) is 0 Å². The quantitative estimate of drug-likeness (QED) is 0.378. The van der Waals surface area contributed by atoms with Gasteiger partial charge in [0, 0.05) is 7.97 Å². The van der Waals surface area contributed by atoms with Crippen LogP contribution in [0, 0.1) is 0 Å². The highest BCUT2D eigenvalue weighted by Crippen LogP contribution is 2.01. The van der Waals surface area contributed by atoms with Gasteiger partial charge in [0.15, 0.2) is 0 Å². The van der Waals surface area contributed by atoms with Gasteiger partial charge in [0.2, 0.25) is 0 Å². The molecule has 0 fully saturated rings. The lowest BCUT2D eigenvalue weighted by molar-refractivity contribution is -0.306. The van der Waals surface area contributed by atoms with Gasteiger partial charge in [-0.2, -0.15) is 0 Å². The Morgan fingerprint density at radius 3 is 1.70 bits per heavy atom. The van der Waals surface area contributed by atoms with Crippen molar-refractivity contribution in [1.29, 1.82) is 0 Å². The van der Waals surface area contributed by atoms with Crippen LogP contribution in [-0.4, -0.2) is 29.1 Å². The fourth-order valence-corrected chi connectivity index (χ4v) is 0. The summed E-state index contributed by atoms with van der Waals surface area (Å²) in [4.78, 5) is 3.94. The molecule has 66 valence electrons. The summed E-state index contributed by atoms with van der Waals surface area (Å²) in [6, 6.07) is 0. The fraction of sp³-hybridized carbons (Fsp3) is 1.00. The molecule has 0 heterocycles. The molecular formula is C6H19NO3. The molecule has 4 heteroatoms. The van der Waals surface area contributed by atoms with Crippen LogP contribution >= 0.6 is 0 Å². The number of rotatable bonds is 1. The molecule has 0 saturated carbocycles. The molecule has 0 aliphatic heterocycles. The van der Waals surface area contributed by atoms with E-state index in [1.54, 1.807) is 20.8 Å². The predicted molar refractivity (Wildman–Crippen MR) is 41.7 cm³/mol. The maximum atomic E-state index is 7.90. The van der Waals surface area contributed by atoms with Gasteiger partial charge >= 0.3 is 0 Å². The topological polar surface area (TPSA) is 75.7 Å². The second-order valence-corrected chi connectivity index (χ2v) is 2.72. The van der Waals surface area contributed by atoms with Crippen LogP contribution in [-0.2, 0) is 4.89 Å². The van der Waals surface area contributed by atoms with Crippen LogP contribution < -0.4 is 5.73 Å².